The summed E-state index contributed by atoms with van der Waals surface area (Å²) < 4.78 is 7.85. The fourth-order valence-electron chi connectivity index (χ4n) is 5.95. The molecule has 0 radical (unpaired) electrons. The molecule has 7 rings (SSSR count). The number of ether oxygens (including phenoxy) is 1. The fraction of sp³-hybridized carbons (Fsp3) is 0.259. The lowest BCUT2D eigenvalue weighted by molar-refractivity contribution is -0.238. The first-order chi connectivity index (χ1) is 17.3. The van der Waals surface area contributed by atoms with Crippen LogP contribution in [-0.2, 0) is 4.74 Å². The molecule has 0 spiro atoms. The van der Waals surface area contributed by atoms with Gasteiger partial charge in [0.15, 0.2) is 6.23 Å². The Labute approximate surface area is 204 Å². The van der Waals surface area contributed by atoms with Crippen molar-refractivity contribution in [1.29, 1.82) is 0 Å². The average molecular weight is 485 g/mol. The molecule has 36 heavy (non-hydrogen) atoms. The quantitative estimate of drug-likeness (QED) is 0.270. The molecule has 0 bridgehead atoms. The number of nitrogens with zero attached hydrogens (tertiary/aromatic N) is 2. The molecule has 4 heterocycles. The van der Waals surface area contributed by atoms with Crippen LogP contribution in [0.5, 0.6) is 0 Å². The summed E-state index contributed by atoms with van der Waals surface area (Å²) in [6, 6.07) is 15.0. The molecule has 4 N–H and O–H groups in total. The van der Waals surface area contributed by atoms with Crippen LogP contribution in [0.1, 0.15) is 33.9 Å². The topological polar surface area (TPSA) is 128 Å². The summed E-state index contributed by atoms with van der Waals surface area (Å²) in [7, 11) is 1.48. The van der Waals surface area contributed by atoms with E-state index in [0.29, 0.717) is 43.8 Å². The third-order valence-corrected chi connectivity index (χ3v) is 7.72. The molecular formula is C27H23N3O6. The normalized spacial score (nSPS) is 26.7. The predicted molar refractivity (Wildman–Crippen MR) is 133 cm³/mol. The maximum absolute atomic E-state index is 13.5. The summed E-state index contributed by atoms with van der Waals surface area (Å²) in [6.45, 7) is 1.63. The van der Waals surface area contributed by atoms with E-state index in [0.717, 1.165) is 15.8 Å². The highest BCUT2D eigenvalue weighted by atomic mass is 16.5. The molecule has 0 aliphatic carbocycles. The number of aliphatic hydroxyl groups excluding tert-OH is 3. The van der Waals surface area contributed by atoms with E-state index in [1.807, 2.05) is 48.5 Å². The lowest BCUT2D eigenvalue weighted by atomic mass is 9.96. The molecule has 2 aliphatic heterocycles. The van der Waals surface area contributed by atoms with E-state index in [1.54, 1.807) is 11.5 Å². The van der Waals surface area contributed by atoms with Crippen LogP contribution in [0.3, 0.4) is 0 Å². The van der Waals surface area contributed by atoms with Crippen molar-refractivity contribution in [2.45, 2.75) is 37.6 Å². The van der Waals surface area contributed by atoms with Crippen molar-refractivity contribution in [2.24, 2.45) is 0 Å². The van der Waals surface area contributed by atoms with Crippen LogP contribution in [0.15, 0.2) is 48.5 Å². The molecule has 2 amide bonds. The van der Waals surface area contributed by atoms with Crippen LogP contribution in [-0.4, -0.2) is 73.0 Å². The molecule has 5 atom stereocenters. The van der Waals surface area contributed by atoms with E-state index in [9.17, 15) is 24.9 Å². The number of hydrogen-bond acceptors (Lipinski definition) is 6. The number of rotatable bonds is 1. The zero-order chi connectivity index (χ0) is 25.0. The Morgan fingerprint density at radius 2 is 1.47 bits per heavy atom. The van der Waals surface area contributed by atoms with Crippen LogP contribution >= 0.6 is 0 Å². The number of carbonyl (C=O) groups excluding carboxylic acids is 2. The Kier molecular flexibility index (Phi) is 4.27. The molecule has 1 fully saturated rings. The maximum atomic E-state index is 13.5. The van der Waals surface area contributed by atoms with Gasteiger partial charge in [0, 0.05) is 34.1 Å². The SMILES string of the molecule is C[C@@H]1O[C@H](n2c3ccccc3c3c4c(c5c6ccccc6[nH]c5c32)C(=O)N(C)C4=O)[C@@H](O)[C@H](O)[C@@H]1O. The Morgan fingerprint density at radius 3 is 2.22 bits per heavy atom. The third-order valence-electron chi connectivity index (χ3n) is 7.72. The number of H-pyrrole nitrogens is 1. The number of benzene rings is 3. The summed E-state index contributed by atoms with van der Waals surface area (Å²) >= 11 is 0. The Bertz CT molecular complexity index is 1770. The van der Waals surface area contributed by atoms with Crippen molar-refractivity contribution in [3.05, 3.63) is 59.7 Å². The van der Waals surface area contributed by atoms with Gasteiger partial charge in [0.2, 0.25) is 0 Å². The second-order valence-electron chi connectivity index (χ2n) is 9.65. The zero-order valence-electron chi connectivity index (χ0n) is 19.5. The number of para-hydroxylation sites is 2. The highest BCUT2D eigenvalue weighted by Gasteiger charge is 2.45. The van der Waals surface area contributed by atoms with Crippen molar-refractivity contribution in [3.8, 4) is 0 Å². The summed E-state index contributed by atoms with van der Waals surface area (Å²) in [4.78, 5) is 31.4. The van der Waals surface area contributed by atoms with E-state index in [2.05, 4.69) is 4.98 Å². The lowest BCUT2D eigenvalue weighted by Gasteiger charge is -2.40. The van der Waals surface area contributed by atoms with Gasteiger partial charge in [0.25, 0.3) is 11.8 Å². The molecule has 5 aromatic rings. The minimum atomic E-state index is -1.44. The van der Waals surface area contributed by atoms with Gasteiger partial charge in [-0.3, -0.25) is 14.5 Å². The van der Waals surface area contributed by atoms with Crippen LogP contribution in [0.4, 0.5) is 0 Å². The highest BCUT2D eigenvalue weighted by molar-refractivity contribution is 6.39. The number of nitrogens with one attached hydrogen (secondary N) is 1. The van der Waals surface area contributed by atoms with Crippen LogP contribution in [0.25, 0.3) is 43.6 Å². The number of aromatic amines is 1. The molecule has 182 valence electrons. The van der Waals surface area contributed by atoms with Gasteiger partial charge < -0.3 is 29.6 Å². The van der Waals surface area contributed by atoms with Crippen molar-refractivity contribution in [2.75, 3.05) is 7.05 Å². The number of carbonyl (C=O) groups is 2. The van der Waals surface area contributed by atoms with Crippen molar-refractivity contribution in [3.63, 3.8) is 0 Å². The first-order valence-electron chi connectivity index (χ1n) is 11.8. The van der Waals surface area contributed by atoms with Gasteiger partial charge in [0.1, 0.15) is 18.3 Å². The number of amides is 2. The number of aromatic nitrogens is 2. The van der Waals surface area contributed by atoms with Gasteiger partial charge in [-0.2, -0.15) is 0 Å². The largest absolute Gasteiger partial charge is 0.388 e. The first kappa shape index (κ1) is 21.5. The molecule has 9 heteroatoms. The molecule has 0 saturated carbocycles. The van der Waals surface area contributed by atoms with Crippen molar-refractivity contribution in [1.82, 2.24) is 14.5 Å². The van der Waals surface area contributed by atoms with Gasteiger partial charge in [-0.15, -0.1) is 0 Å². The molecule has 0 unspecified atom stereocenters. The van der Waals surface area contributed by atoms with Crippen LogP contribution in [0, 0.1) is 0 Å². The van der Waals surface area contributed by atoms with E-state index in [4.69, 9.17) is 4.74 Å². The van der Waals surface area contributed by atoms with Gasteiger partial charge in [-0.25, -0.2) is 0 Å². The average Bonchev–Trinajstić information content (AvgIpc) is 3.50. The van der Waals surface area contributed by atoms with Gasteiger partial charge in [-0.05, 0) is 19.1 Å². The van der Waals surface area contributed by atoms with Crippen LogP contribution in [0.2, 0.25) is 0 Å². The second-order valence-corrected chi connectivity index (χ2v) is 9.65. The third kappa shape index (κ3) is 2.47. The number of hydrogen-bond donors (Lipinski definition) is 4. The smallest absolute Gasteiger partial charge is 0.262 e. The molecule has 3 aromatic carbocycles. The highest BCUT2D eigenvalue weighted by Crippen LogP contribution is 2.46. The summed E-state index contributed by atoms with van der Waals surface area (Å²) in [6.07, 6.45) is -5.95. The van der Waals surface area contributed by atoms with Gasteiger partial charge in [0.05, 0.1) is 33.8 Å². The summed E-state index contributed by atoms with van der Waals surface area (Å²) in [5.74, 6) is -0.770. The minimum Gasteiger partial charge on any atom is -0.388 e. The van der Waals surface area contributed by atoms with E-state index >= 15 is 0 Å². The number of imide groups is 1. The number of aliphatic hydroxyl groups is 3. The van der Waals surface area contributed by atoms with E-state index in [-0.39, 0.29) is 5.91 Å². The van der Waals surface area contributed by atoms with Crippen molar-refractivity contribution < 1.29 is 29.6 Å². The fourth-order valence-corrected chi connectivity index (χ4v) is 5.95. The zero-order valence-corrected chi connectivity index (χ0v) is 19.5. The van der Waals surface area contributed by atoms with Crippen molar-refractivity contribution >= 4 is 55.4 Å². The molecule has 1 saturated heterocycles. The van der Waals surface area contributed by atoms with Gasteiger partial charge >= 0.3 is 0 Å². The van der Waals surface area contributed by atoms with Crippen LogP contribution < -0.4 is 0 Å². The second kappa shape index (κ2) is 7.14. The minimum absolute atomic E-state index is 0.309. The molecule has 9 nitrogen and oxygen atoms in total. The summed E-state index contributed by atoms with van der Waals surface area (Å²) in [5, 5.41) is 34.7. The molecule has 2 aliphatic rings. The monoisotopic (exact) mass is 485 g/mol. The Morgan fingerprint density at radius 1 is 0.833 bits per heavy atom. The number of fused-ring (bicyclic) bond motifs is 10. The first-order valence-corrected chi connectivity index (χ1v) is 11.8. The Hall–Kier alpha value is -3.76. The maximum Gasteiger partial charge on any atom is 0.262 e. The lowest BCUT2D eigenvalue weighted by Crippen LogP contribution is -2.54. The molecular weight excluding hydrogens is 462 g/mol. The Balaban J connectivity index is 1.73. The predicted octanol–water partition coefficient (Wildman–Crippen LogP) is 2.65. The standard InChI is InChI=1S/C27H23N3O6/c1-11-22(31)23(32)24(33)27(36-11)30-15-10-6-4-8-13(15)17-19-18(25(34)29(2)26(19)35)16-12-7-3-5-9-14(12)28-20(16)21(17)30/h3-11,22-24,27-28,31-33H,1-2H3/t11-,22+,23+,24-,27-/m0/s1. The van der Waals surface area contributed by atoms with Gasteiger partial charge in [-0.1, -0.05) is 36.4 Å². The van der Waals surface area contributed by atoms with E-state index < -0.39 is 36.6 Å². The molecule has 2 aromatic heterocycles. The summed E-state index contributed by atoms with van der Waals surface area (Å²) in [5.41, 5.74) is 3.32. The van der Waals surface area contributed by atoms with E-state index in [1.165, 1.54) is 7.05 Å².